The average molecular weight is 318 g/mol. The Labute approximate surface area is 124 Å². The number of anilines is 1. The molecule has 9 nitrogen and oxygen atoms in total. The molecular formula is C11H12ClN3O6. The van der Waals surface area contributed by atoms with E-state index in [0.29, 0.717) is 0 Å². The number of hydrogen-bond donors (Lipinski definition) is 3. The Balaban J connectivity index is 2.80. The fourth-order valence-corrected chi connectivity index (χ4v) is 1.55. The number of carbonyl (C=O) groups is 2. The maximum atomic E-state index is 11.7. The second-order valence-electron chi connectivity index (χ2n) is 3.87. The smallest absolute Gasteiger partial charge is 0.328 e. The number of rotatable bonds is 6. The van der Waals surface area contributed by atoms with Crippen LogP contribution in [-0.2, 0) is 9.53 Å². The number of nitro benzene ring substituents is 1. The third kappa shape index (κ3) is 4.89. The summed E-state index contributed by atoms with van der Waals surface area (Å²) < 4.78 is 4.65. The van der Waals surface area contributed by atoms with Gasteiger partial charge < -0.3 is 20.5 Å². The van der Waals surface area contributed by atoms with Crippen LogP contribution in [0.3, 0.4) is 0 Å². The fourth-order valence-electron chi connectivity index (χ4n) is 1.38. The standard InChI is InChI=1S/C11H12ClN3O6/c1-21-5-9(10(16)17)14-11(18)13-8-4-6(15(19)20)2-3-7(8)12/h2-4,9H,5H2,1H3,(H,16,17)(H2,13,14,18). The highest BCUT2D eigenvalue weighted by molar-refractivity contribution is 6.33. The molecule has 114 valence electrons. The van der Waals surface area contributed by atoms with Crippen LogP contribution in [0.4, 0.5) is 16.2 Å². The number of urea groups is 1. The summed E-state index contributed by atoms with van der Waals surface area (Å²) in [6.45, 7) is -0.231. The number of nitro groups is 1. The van der Waals surface area contributed by atoms with E-state index in [4.69, 9.17) is 16.7 Å². The van der Waals surface area contributed by atoms with Gasteiger partial charge in [0.1, 0.15) is 0 Å². The summed E-state index contributed by atoms with van der Waals surface area (Å²) in [7, 11) is 1.28. The summed E-state index contributed by atoms with van der Waals surface area (Å²) in [6, 6.07) is 1.36. The summed E-state index contributed by atoms with van der Waals surface area (Å²) in [5, 5.41) is 24.0. The molecule has 0 heterocycles. The van der Waals surface area contributed by atoms with E-state index >= 15 is 0 Å². The van der Waals surface area contributed by atoms with Gasteiger partial charge in [-0.2, -0.15) is 0 Å². The van der Waals surface area contributed by atoms with Crippen molar-refractivity contribution in [1.82, 2.24) is 5.32 Å². The van der Waals surface area contributed by atoms with E-state index in [0.717, 1.165) is 6.07 Å². The number of nitrogens with zero attached hydrogens (tertiary/aromatic N) is 1. The first kappa shape index (κ1) is 16.7. The Hall–Kier alpha value is -2.39. The molecular weight excluding hydrogens is 306 g/mol. The number of amides is 2. The number of halogens is 1. The normalized spacial score (nSPS) is 11.5. The van der Waals surface area contributed by atoms with Gasteiger partial charge in [-0.1, -0.05) is 11.6 Å². The lowest BCUT2D eigenvalue weighted by Gasteiger charge is -2.14. The van der Waals surface area contributed by atoms with Crippen LogP contribution in [0.1, 0.15) is 0 Å². The third-order valence-corrected chi connectivity index (χ3v) is 2.68. The van der Waals surface area contributed by atoms with Crippen LogP contribution in [0.5, 0.6) is 0 Å². The molecule has 3 N–H and O–H groups in total. The highest BCUT2D eigenvalue weighted by Crippen LogP contribution is 2.26. The molecule has 10 heteroatoms. The number of nitrogens with one attached hydrogen (secondary N) is 2. The summed E-state index contributed by atoms with van der Waals surface area (Å²) in [6.07, 6.45) is 0. The molecule has 0 spiro atoms. The van der Waals surface area contributed by atoms with Crippen LogP contribution < -0.4 is 10.6 Å². The minimum absolute atomic E-state index is 0.00933. The first-order chi connectivity index (χ1) is 9.85. The number of aliphatic carboxylic acids is 1. The highest BCUT2D eigenvalue weighted by atomic mass is 35.5. The van der Waals surface area contributed by atoms with E-state index in [1.165, 1.54) is 19.2 Å². The van der Waals surface area contributed by atoms with Gasteiger partial charge in [0.25, 0.3) is 5.69 Å². The molecule has 0 aliphatic carbocycles. The maximum Gasteiger partial charge on any atom is 0.328 e. The van der Waals surface area contributed by atoms with E-state index in [9.17, 15) is 19.7 Å². The van der Waals surface area contributed by atoms with Crippen molar-refractivity contribution in [2.24, 2.45) is 0 Å². The molecule has 1 atom stereocenters. The van der Waals surface area contributed by atoms with Crippen molar-refractivity contribution in [1.29, 1.82) is 0 Å². The van der Waals surface area contributed by atoms with E-state index < -0.39 is 23.0 Å². The van der Waals surface area contributed by atoms with Gasteiger partial charge in [-0.25, -0.2) is 9.59 Å². The van der Waals surface area contributed by atoms with E-state index in [2.05, 4.69) is 15.4 Å². The third-order valence-electron chi connectivity index (χ3n) is 2.35. The summed E-state index contributed by atoms with van der Waals surface area (Å²) >= 11 is 5.80. The van der Waals surface area contributed by atoms with Crippen LogP contribution in [-0.4, -0.2) is 41.8 Å². The van der Waals surface area contributed by atoms with Crippen molar-refractivity contribution in [3.63, 3.8) is 0 Å². The van der Waals surface area contributed by atoms with Gasteiger partial charge in [-0.05, 0) is 6.07 Å². The molecule has 1 aromatic carbocycles. The van der Waals surface area contributed by atoms with E-state index in [-0.39, 0.29) is 23.0 Å². The predicted molar refractivity (Wildman–Crippen MR) is 73.6 cm³/mol. The molecule has 21 heavy (non-hydrogen) atoms. The van der Waals surface area contributed by atoms with Gasteiger partial charge in [-0.3, -0.25) is 10.1 Å². The number of benzene rings is 1. The van der Waals surface area contributed by atoms with Crippen LogP contribution >= 0.6 is 11.6 Å². The second-order valence-corrected chi connectivity index (χ2v) is 4.27. The molecule has 0 saturated heterocycles. The van der Waals surface area contributed by atoms with E-state index in [1.807, 2.05) is 0 Å². The monoisotopic (exact) mass is 317 g/mol. The molecule has 0 radical (unpaired) electrons. The average Bonchev–Trinajstić information content (AvgIpc) is 2.40. The zero-order valence-electron chi connectivity index (χ0n) is 10.8. The van der Waals surface area contributed by atoms with Gasteiger partial charge in [-0.15, -0.1) is 0 Å². The quantitative estimate of drug-likeness (QED) is 0.538. The van der Waals surface area contributed by atoms with Gasteiger partial charge in [0.05, 0.1) is 22.2 Å². The lowest BCUT2D eigenvalue weighted by molar-refractivity contribution is -0.384. The summed E-state index contributed by atoms with van der Waals surface area (Å²) in [4.78, 5) is 32.5. The SMILES string of the molecule is COCC(NC(=O)Nc1cc([N+](=O)[O-])ccc1Cl)C(=O)O. The molecule has 0 fully saturated rings. The molecule has 0 aliphatic rings. The largest absolute Gasteiger partial charge is 0.480 e. The number of methoxy groups -OCH3 is 1. The van der Waals surface area contributed by atoms with Gasteiger partial charge in [0.2, 0.25) is 0 Å². The van der Waals surface area contributed by atoms with Crippen LogP contribution in [0.15, 0.2) is 18.2 Å². The van der Waals surface area contributed by atoms with Crippen molar-refractivity contribution < 1.29 is 24.4 Å². The summed E-state index contributed by atoms with van der Waals surface area (Å²) in [5.41, 5.74) is -0.272. The predicted octanol–water partition coefficient (Wildman–Crippen LogP) is 1.47. The molecule has 1 unspecified atom stereocenters. The first-order valence-electron chi connectivity index (χ1n) is 5.58. The maximum absolute atomic E-state index is 11.7. The van der Waals surface area contributed by atoms with Crippen molar-refractivity contribution >= 4 is 35.0 Å². The molecule has 0 aromatic heterocycles. The number of hydrogen-bond acceptors (Lipinski definition) is 5. The van der Waals surface area contributed by atoms with E-state index in [1.54, 1.807) is 0 Å². The number of carboxylic acids is 1. The first-order valence-corrected chi connectivity index (χ1v) is 5.96. The Kier molecular flexibility index (Phi) is 5.88. The molecule has 0 bridgehead atoms. The topological polar surface area (TPSA) is 131 Å². The number of ether oxygens (including phenoxy) is 1. The minimum Gasteiger partial charge on any atom is -0.480 e. The number of carbonyl (C=O) groups excluding carboxylic acids is 1. The van der Waals surface area contributed by atoms with Gasteiger partial charge in [0.15, 0.2) is 6.04 Å². The van der Waals surface area contributed by atoms with Gasteiger partial charge in [0, 0.05) is 19.2 Å². The number of carboxylic acid groups (broad SMARTS) is 1. The van der Waals surface area contributed by atoms with Crippen molar-refractivity contribution in [3.05, 3.63) is 33.3 Å². The zero-order valence-corrected chi connectivity index (χ0v) is 11.6. The Morgan fingerprint density at radius 1 is 1.52 bits per heavy atom. The van der Waals surface area contributed by atoms with Crippen molar-refractivity contribution in [2.45, 2.75) is 6.04 Å². The van der Waals surface area contributed by atoms with Crippen LogP contribution in [0.2, 0.25) is 5.02 Å². The molecule has 2 amide bonds. The number of non-ortho nitro benzene ring substituents is 1. The lowest BCUT2D eigenvalue weighted by Crippen LogP contribution is -2.45. The Morgan fingerprint density at radius 3 is 2.71 bits per heavy atom. The summed E-state index contributed by atoms with van der Waals surface area (Å²) in [5.74, 6) is -1.28. The second kappa shape index (κ2) is 7.41. The van der Waals surface area contributed by atoms with Crippen molar-refractivity contribution in [3.8, 4) is 0 Å². The molecule has 0 saturated carbocycles. The Bertz CT molecular complexity index is 565. The van der Waals surface area contributed by atoms with Crippen LogP contribution in [0.25, 0.3) is 0 Å². The fraction of sp³-hybridized carbons (Fsp3) is 0.273. The molecule has 1 aromatic rings. The zero-order chi connectivity index (χ0) is 16.0. The lowest BCUT2D eigenvalue weighted by atomic mass is 10.3. The van der Waals surface area contributed by atoms with Crippen LogP contribution in [0, 0.1) is 10.1 Å². The Morgan fingerprint density at radius 2 is 2.19 bits per heavy atom. The van der Waals surface area contributed by atoms with Crippen molar-refractivity contribution in [2.75, 3.05) is 19.0 Å². The highest BCUT2D eigenvalue weighted by Gasteiger charge is 2.20. The molecule has 1 rings (SSSR count). The molecule has 0 aliphatic heterocycles. The van der Waals surface area contributed by atoms with Gasteiger partial charge >= 0.3 is 12.0 Å². The minimum atomic E-state index is -1.28.